The van der Waals surface area contributed by atoms with Gasteiger partial charge in [-0.25, -0.2) is 0 Å². The Kier molecular flexibility index (Phi) is 4.69. The lowest BCUT2D eigenvalue weighted by Crippen LogP contribution is -2.44. The predicted molar refractivity (Wildman–Crippen MR) is 93.9 cm³/mol. The van der Waals surface area contributed by atoms with E-state index in [1.807, 2.05) is 30.3 Å². The van der Waals surface area contributed by atoms with E-state index in [4.69, 9.17) is 4.52 Å². The lowest BCUT2D eigenvalue weighted by Gasteiger charge is -2.29. The molecule has 2 aliphatic rings. The number of amides is 2. The number of hydrogen-bond acceptors (Lipinski definition) is 5. The molecule has 0 bridgehead atoms. The third kappa shape index (κ3) is 3.34. The molecule has 0 N–H and O–H groups in total. The number of aromatic nitrogens is 2. The molecule has 7 nitrogen and oxygen atoms in total. The third-order valence-corrected chi connectivity index (χ3v) is 5.08. The maximum absolute atomic E-state index is 12.8. The van der Waals surface area contributed by atoms with Gasteiger partial charge in [-0.2, -0.15) is 4.98 Å². The highest BCUT2D eigenvalue weighted by Crippen LogP contribution is 2.32. The van der Waals surface area contributed by atoms with Gasteiger partial charge in [0.15, 0.2) is 0 Å². The second kappa shape index (κ2) is 7.27. The summed E-state index contributed by atoms with van der Waals surface area (Å²) in [5, 5.41) is 4.06. The number of carbonyl (C=O) groups excluding carboxylic acids is 2. The minimum atomic E-state index is -0.202. The number of likely N-dealkylation sites (tertiary alicyclic amines) is 2. The van der Waals surface area contributed by atoms with Gasteiger partial charge in [-0.1, -0.05) is 35.5 Å². The Bertz CT molecular complexity index is 789. The van der Waals surface area contributed by atoms with Gasteiger partial charge in [-0.05, 0) is 25.7 Å². The second-order valence-corrected chi connectivity index (χ2v) is 6.84. The average molecular weight is 354 g/mol. The molecule has 2 fully saturated rings. The van der Waals surface area contributed by atoms with Crippen LogP contribution in [0.1, 0.15) is 44.0 Å². The van der Waals surface area contributed by atoms with Crippen LogP contribution < -0.4 is 0 Å². The van der Waals surface area contributed by atoms with Gasteiger partial charge in [0.25, 0.3) is 0 Å². The van der Waals surface area contributed by atoms with Crippen molar-refractivity contribution >= 4 is 11.8 Å². The van der Waals surface area contributed by atoms with Crippen molar-refractivity contribution in [2.75, 3.05) is 19.6 Å². The maximum Gasteiger partial charge on any atom is 0.249 e. The number of benzene rings is 1. The highest BCUT2D eigenvalue weighted by atomic mass is 16.5. The topological polar surface area (TPSA) is 79.5 Å². The summed E-state index contributed by atoms with van der Waals surface area (Å²) < 4.78 is 5.46. The molecule has 7 heteroatoms. The second-order valence-electron chi connectivity index (χ2n) is 6.84. The van der Waals surface area contributed by atoms with Crippen LogP contribution in [-0.2, 0) is 9.59 Å². The molecule has 26 heavy (non-hydrogen) atoms. The molecule has 2 aliphatic heterocycles. The summed E-state index contributed by atoms with van der Waals surface area (Å²) in [4.78, 5) is 32.7. The highest BCUT2D eigenvalue weighted by molar-refractivity contribution is 5.85. The largest absolute Gasteiger partial charge is 0.337 e. The van der Waals surface area contributed by atoms with Gasteiger partial charge in [-0.15, -0.1) is 0 Å². The first-order valence-corrected chi connectivity index (χ1v) is 9.18. The van der Waals surface area contributed by atoms with E-state index in [0.29, 0.717) is 31.2 Å². The smallest absolute Gasteiger partial charge is 0.249 e. The van der Waals surface area contributed by atoms with Gasteiger partial charge >= 0.3 is 0 Å². The molecular weight excluding hydrogens is 332 g/mol. The molecule has 0 aliphatic carbocycles. The van der Waals surface area contributed by atoms with Gasteiger partial charge in [-0.3, -0.25) is 9.59 Å². The number of carbonyl (C=O) groups is 2. The molecule has 2 saturated heterocycles. The van der Waals surface area contributed by atoms with Crippen LogP contribution in [0.3, 0.4) is 0 Å². The first-order chi connectivity index (χ1) is 12.7. The van der Waals surface area contributed by atoms with Gasteiger partial charge in [0.2, 0.25) is 23.5 Å². The highest BCUT2D eigenvalue weighted by Gasteiger charge is 2.35. The van der Waals surface area contributed by atoms with E-state index >= 15 is 0 Å². The fourth-order valence-electron chi connectivity index (χ4n) is 3.68. The van der Waals surface area contributed by atoms with Gasteiger partial charge in [0.05, 0.1) is 6.54 Å². The Balaban J connectivity index is 1.47. The fraction of sp³-hybridized carbons (Fsp3) is 0.474. The molecule has 1 aromatic carbocycles. The zero-order valence-electron chi connectivity index (χ0n) is 14.6. The van der Waals surface area contributed by atoms with Crippen molar-refractivity contribution in [1.82, 2.24) is 19.9 Å². The molecule has 2 aromatic rings. The van der Waals surface area contributed by atoms with Crippen LogP contribution in [0.4, 0.5) is 0 Å². The molecular formula is C19H22N4O3. The van der Waals surface area contributed by atoms with E-state index in [9.17, 15) is 9.59 Å². The summed E-state index contributed by atoms with van der Waals surface area (Å²) in [5.74, 6) is 1.04. The first-order valence-electron chi connectivity index (χ1n) is 9.18. The summed E-state index contributed by atoms with van der Waals surface area (Å²) >= 11 is 0. The van der Waals surface area contributed by atoms with E-state index in [1.54, 1.807) is 9.80 Å². The fourth-order valence-corrected chi connectivity index (χ4v) is 3.68. The molecule has 1 atom stereocenters. The Morgan fingerprint density at radius 3 is 2.81 bits per heavy atom. The molecule has 4 rings (SSSR count). The van der Waals surface area contributed by atoms with Gasteiger partial charge in [0, 0.05) is 25.1 Å². The molecule has 0 radical (unpaired) electrons. The summed E-state index contributed by atoms with van der Waals surface area (Å²) in [6, 6.07) is 9.43. The first kappa shape index (κ1) is 16.8. The molecule has 0 spiro atoms. The normalized spacial score (nSPS) is 20.6. The Morgan fingerprint density at radius 1 is 1.15 bits per heavy atom. The van der Waals surface area contributed by atoms with Crippen LogP contribution in [0, 0.1) is 0 Å². The molecule has 0 saturated carbocycles. The van der Waals surface area contributed by atoms with Gasteiger partial charge in [0.1, 0.15) is 6.04 Å². The van der Waals surface area contributed by atoms with Crippen LogP contribution >= 0.6 is 0 Å². The van der Waals surface area contributed by atoms with Crippen molar-refractivity contribution in [3.8, 4) is 11.4 Å². The van der Waals surface area contributed by atoms with Crippen molar-refractivity contribution in [1.29, 1.82) is 0 Å². The molecule has 2 amide bonds. The zero-order chi connectivity index (χ0) is 17.9. The van der Waals surface area contributed by atoms with Gasteiger partial charge < -0.3 is 14.3 Å². The van der Waals surface area contributed by atoms with Crippen molar-refractivity contribution in [3.63, 3.8) is 0 Å². The van der Waals surface area contributed by atoms with Crippen LogP contribution in [0.5, 0.6) is 0 Å². The SMILES string of the molecule is O=C1CCCCN1CC(=O)N1CCC[C@@H]1c1nc(-c2ccccc2)no1. The van der Waals surface area contributed by atoms with Crippen molar-refractivity contribution in [2.24, 2.45) is 0 Å². The predicted octanol–water partition coefficient (Wildman–Crippen LogP) is 2.41. The summed E-state index contributed by atoms with van der Waals surface area (Å²) in [7, 11) is 0. The zero-order valence-corrected chi connectivity index (χ0v) is 14.6. The Labute approximate surface area is 152 Å². The maximum atomic E-state index is 12.8. The Morgan fingerprint density at radius 2 is 2.00 bits per heavy atom. The van der Waals surface area contributed by atoms with E-state index in [2.05, 4.69) is 10.1 Å². The monoisotopic (exact) mass is 354 g/mol. The van der Waals surface area contributed by atoms with Crippen molar-refractivity contribution in [3.05, 3.63) is 36.2 Å². The van der Waals surface area contributed by atoms with Crippen molar-refractivity contribution in [2.45, 2.75) is 38.1 Å². The van der Waals surface area contributed by atoms with Crippen molar-refractivity contribution < 1.29 is 14.1 Å². The van der Waals surface area contributed by atoms with E-state index < -0.39 is 0 Å². The number of hydrogen-bond donors (Lipinski definition) is 0. The number of rotatable bonds is 4. The van der Waals surface area contributed by atoms with E-state index in [-0.39, 0.29) is 24.4 Å². The minimum absolute atomic E-state index is 0.0396. The number of nitrogens with zero attached hydrogens (tertiary/aromatic N) is 4. The van der Waals surface area contributed by atoms with E-state index in [1.165, 1.54) is 0 Å². The molecule has 1 aromatic heterocycles. The molecule has 3 heterocycles. The van der Waals surface area contributed by atoms with Crippen LogP contribution in [0.2, 0.25) is 0 Å². The molecule has 0 unspecified atom stereocenters. The summed E-state index contributed by atoms with van der Waals surface area (Å²) in [5.41, 5.74) is 0.886. The summed E-state index contributed by atoms with van der Waals surface area (Å²) in [6.45, 7) is 1.48. The summed E-state index contributed by atoms with van der Waals surface area (Å²) in [6.07, 6.45) is 4.12. The average Bonchev–Trinajstić information content (AvgIpc) is 3.33. The standard InChI is InChI=1S/C19H22N4O3/c24-16-10-4-5-11-22(16)13-17(25)23-12-6-9-15(23)19-20-18(21-26-19)14-7-2-1-3-8-14/h1-3,7-8,15H,4-6,9-13H2/t15-/m1/s1. The van der Waals surface area contributed by atoms with Crippen LogP contribution in [-0.4, -0.2) is 51.4 Å². The Hall–Kier alpha value is -2.70. The number of piperidine rings is 1. The lowest BCUT2D eigenvalue weighted by atomic mass is 10.1. The lowest BCUT2D eigenvalue weighted by molar-refractivity contribution is -0.142. The van der Waals surface area contributed by atoms with Crippen LogP contribution in [0.15, 0.2) is 34.9 Å². The third-order valence-electron chi connectivity index (χ3n) is 5.08. The molecule has 136 valence electrons. The van der Waals surface area contributed by atoms with E-state index in [0.717, 1.165) is 31.2 Å². The van der Waals surface area contributed by atoms with Crippen LogP contribution in [0.25, 0.3) is 11.4 Å². The quantitative estimate of drug-likeness (QED) is 0.842. The minimum Gasteiger partial charge on any atom is -0.337 e.